The van der Waals surface area contributed by atoms with Crippen LogP contribution in [0, 0.1) is 5.82 Å². The maximum absolute atomic E-state index is 12.7. The van der Waals surface area contributed by atoms with E-state index in [0.717, 1.165) is 0 Å². The third kappa shape index (κ3) is 2.19. The molecule has 1 aromatic carbocycles. The Balaban J connectivity index is 2.05. The summed E-state index contributed by atoms with van der Waals surface area (Å²) in [6.45, 7) is 0.381. The van der Waals surface area contributed by atoms with Crippen molar-refractivity contribution in [3.05, 3.63) is 29.8 Å². The number of hydrogen-bond donors (Lipinski definition) is 3. The summed E-state index contributed by atoms with van der Waals surface area (Å²) < 4.78 is 12.7. The van der Waals surface area contributed by atoms with E-state index in [2.05, 4.69) is 25.9 Å². The number of nitrogens with one attached hydrogen (secondary N) is 2. The lowest BCUT2D eigenvalue weighted by molar-refractivity contribution is 0.628. The van der Waals surface area contributed by atoms with Crippen molar-refractivity contribution < 1.29 is 4.39 Å². The lowest BCUT2D eigenvalue weighted by Crippen LogP contribution is -2.04. The van der Waals surface area contributed by atoms with E-state index in [4.69, 9.17) is 5.73 Å². The SMILES string of the molecule is Nc1cc(F)ccc1NCc1nn[nH]n1. The summed E-state index contributed by atoms with van der Waals surface area (Å²) in [7, 11) is 0. The summed E-state index contributed by atoms with van der Waals surface area (Å²) in [5, 5.41) is 16.2. The number of aromatic amines is 1. The number of nitrogens with zero attached hydrogens (tertiary/aromatic N) is 3. The van der Waals surface area contributed by atoms with Gasteiger partial charge in [0.15, 0.2) is 5.82 Å². The summed E-state index contributed by atoms with van der Waals surface area (Å²) in [5.74, 6) is 0.149. The molecule has 0 radical (unpaired) electrons. The van der Waals surface area contributed by atoms with Gasteiger partial charge in [-0.1, -0.05) is 5.21 Å². The normalized spacial score (nSPS) is 10.2. The van der Waals surface area contributed by atoms with Crippen molar-refractivity contribution in [1.82, 2.24) is 20.6 Å². The Morgan fingerprint density at radius 2 is 2.33 bits per heavy atom. The van der Waals surface area contributed by atoms with Crippen molar-refractivity contribution in [3.8, 4) is 0 Å². The molecule has 0 saturated carbocycles. The number of rotatable bonds is 3. The Labute approximate surface area is 84.7 Å². The van der Waals surface area contributed by atoms with E-state index in [1.54, 1.807) is 6.07 Å². The molecule has 0 spiro atoms. The molecule has 0 bridgehead atoms. The number of benzene rings is 1. The molecule has 2 rings (SSSR count). The largest absolute Gasteiger partial charge is 0.397 e. The zero-order valence-electron chi connectivity index (χ0n) is 7.74. The molecule has 0 aliphatic rings. The predicted octanol–water partition coefficient (Wildman–Crippen LogP) is 0.533. The molecule has 7 heteroatoms. The van der Waals surface area contributed by atoms with Crippen molar-refractivity contribution in [3.63, 3.8) is 0 Å². The first-order valence-electron chi connectivity index (χ1n) is 4.27. The van der Waals surface area contributed by atoms with Crippen LogP contribution >= 0.6 is 0 Å². The number of anilines is 2. The zero-order valence-corrected chi connectivity index (χ0v) is 7.74. The lowest BCUT2D eigenvalue weighted by atomic mass is 10.2. The predicted molar refractivity (Wildman–Crippen MR) is 52.3 cm³/mol. The smallest absolute Gasteiger partial charge is 0.193 e. The van der Waals surface area contributed by atoms with Gasteiger partial charge in [-0.3, -0.25) is 0 Å². The van der Waals surface area contributed by atoms with Gasteiger partial charge in [0, 0.05) is 0 Å². The van der Waals surface area contributed by atoms with Gasteiger partial charge >= 0.3 is 0 Å². The first-order valence-corrected chi connectivity index (χ1v) is 4.27. The van der Waals surface area contributed by atoms with Crippen molar-refractivity contribution in [2.45, 2.75) is 6.54 Å². The Hall–Kier alpha value is -2.18. The minimum atomic E-state index is -0.363. The van der Waals surface area contributed by atoms with Crippen LogP contribution in [0.5, 0.6) is 0 Å². The standard InChI is InChI=1S/C8H9FN6/c9-5-1-2-7(6(10)3-5)11-4-8-12-14-15-13-8/h1-3,11H,4,10H2,(H,12,13,14,15). The molecule has 0 atom stereocenters. The van der Waals surface area contributed by atoms with E-state index in [0.29, 0.717) is 23.7 Å². The van der Waals surface area contributed by atoms with Crippen LogP contribution in [0.2, 0.25) is 0 Å². The first kappa shape index (κ1) is 9.38. The minimum Gasteiger partial charge on any atom is -0.397 e. The minimum absolute atomic E-state index is 0.346. The van der Waals surface area contributed by atoms with Crippen LogP contribution < -0.4 is 11.1 Å². The number of nitrogens with two attached hydrogens (primary N) is 1. The molecule has 15 heavy (non-hydrogen) atoms. The fourth-order valence-corrected chi connectivity index (χ4v) is 1.13. The van der Waals surface area contributed by atoms with Crippen LogP contribution in [0.1, 0.15) is 5.82 Å². The number of aromatic nitrogens is 4. The maximum atomic E-state index is 12.7. The molecule has 78 valence electrons. The van der Waals surface area contributed by atoms with Gasteiger partial charge in [-0.25, -0.2) is 4.39 Å². The Morgan fingerprint density at radius 3 is 3.00 bits per heavy atom. The van der Waals surface area contributed by atoms with Crippen molar-refractivity contribution in [1.29, 1.82) is 0 Å². The van der Waals surface area contributed by atoms with E-state index in [-0.39, 0.29) is 5.82 Å². The molecule has 2 aromatic rings. The summed E-state index contributed by atoms with van der Waals surface area (Å²) in [4.78, 5) is 0. The van der Waals surface area contributed by atoms with Crippen molar-refractivity contribution >= 4 is 11.4 Å². The van der Waals surface area contributed by atoms with E-state index >= 15 is 0 Å². The average molecular weight is 208 g/mol. The summed E-state index contributed by atoms with van der Waals surface area (Å²) in [5.41, 5.74) is 6.58. The summed E-state index contributed by atoms with van der Waals surface area (Å²) >= 11 is 0. The fourth-order valence-electron chi connectivity index (χ4n) is 1.13. The van der Waals surface area contributed by atoms with Gasteiger partial charge in [0.2, 0.25) is 0 Å². The Kier molecular flexibility index (Phi) is 2.44. The second-order valence-electron chi connectivity index (χ2n) is 2.91. The average Bonchev–Trinajstić information content (AvgIpc) is 2.69. The molecule has 1 aromatic heterocycles. The topological polar surface area (TPSA) is 92.5 Å². The van der Waals surface area contributed by atoms with Gasteiger partial charge in [-0.15, -0.1) is 10.2 Å². The van der Waals surface area contributed by atoms with Gasteiger partial charge in [0.1, 0.15) is 5.82 Å². The molecule has 0 fully saturated rings. The van der Waals surface area contributed by atoms with Gasteiger partial charge in [0.05, 0.1) is 17.9 Å². The van der Waals surface area contributed by atoms with Crippen molar-refractivity contribution in [2.75, 3.05) is 11.1 Å². The number of halogens is 1. The highest BCUT2D eigenvalue weighted by atomic mass is 19.1. The van der Waals surface area contributed by atoms with E-state index in [9.17, 15) is 4.39 Å². The van der Waals surface area contributed by atoms with E-state index in [1.165, 1.54) is 12.1 Å². The van der Waals surface area contributed by atoms with E-state index in [1.807, 2.05) is 0 Å². The lowest BCUT2D eigenvalue weighted by Gasteiger charge is -2.06. The molecule has 4 N–H and O–H groups in total. The quantitative estimate of drug-likeness (QED) is 0.640. The van der Waals surface area contributed by atoms with Gasteiger partial charge in [0.25, 0.3) is 0 Å². The molecule has 1 heterocycles. The summed E-state index contributed by atoms with van der Waals surface area (Å²) in [6, 6.07) is 4.14. The molecule has 0 aliphatic carbocycles. The molecule has 0 aliphatic heterocycles. The molecule has 6 nitrogen and oxygen atoms in total. The Bertz CT molecular complexity index is 440. The molecule has 0 unspecified atom stereocenters. The van der Waals surface area contributed by atoms with Crippen LogP contribution in [0.25, 0.3) is 0 Å². The fraction of sp³-hybridized carbons (Fsp3) is 0.125. The Morgan fingerprint density at radius 1 is 1.47 bits per heavy atom. The number of nitrogen functional groups attached to an aromatic ring is 1. The maximum Gasteiger partial charge on any atom is 0.193 e. The van der Waals surface area contributed by atoms with Gasteiger partial charge < -0.3 is 11.1 Å². The molecule has 0 saturated heterocycles. The second-order valence-corrected chi connectivity index (χ2v) is 2.91. The monoisotopic (exact) mass is 208 g/mol. The zero-order chi connectivity index (χ0) is 10.7. The van der Waals surface area contributed by atoms with Crippen molar-refractivity contribution in [2.24, 2.45) is 0 Å². The first-order chi connectivity index (χ1) is 7.25. The van der Waals surface area contributed by atoms with Crippen LogP contribution in [0.4, 0.5) is 15.8 Å². The third-order valence-corrected chi connectivity index (χ3v) is 1.84. The summed E-state index contributed by atoms with van der Waals surface area (Å²) in [6.07, 6.45) is 0. The van der Waals surface area contributed by atoms with Gasteiger partial charge in [-0.05, 0) is 18.2 Å². The van der Waals surface area contributed by atoms with E-state index < -0.39 is 0 Å². The highest BCUT2D eigenvalue weighted by Crippen LogP contribution is 2.19. The van der Waals surface area contributed by atoms with Crippen LogP contribution in [0.15, 0.2) is 18.2 Å². The highest BCUT2D eigenvalue weighted by molar-refractivity contribution is 5.65. The number of H-pyrrole nitrogens is 1. The second kappa shape index (κ2) is 3.91. The van der Waals surface area contributed by atoms with Crippen LogP contribution in [-0.2, 0) is 6.54 Å². The van der Waals surface area contributed by atoms with Gasteiger partial charge in [-0.2, -0.15) is 5.21 Å². The van der Waals surface area contributed by atoms with Crippen LogP contribution in [0.3, 0.4) is 0 Å². The highest BCUT2D eigenvalue weighted by Gasteiger charge is 2.02. The number of hydrogen-bond acceptors (Lipinski definition) is 5. The third-order valence-electron chi connectivity index (χ3n) is 1.84. The molecule has 0 amide bonds. The number of tetrazole rings is 1. The van der Waals surface area contributed by atoms with Crippen LogP contribution in [-0.4, -0.2) is 20.6 Å². The molecular weight excluding hydrogens is 199 g/mol. The molecular formula is C8H9FN6.